The number of hydrogen-bond donors (Lipinski definition) is 5. The normalized spacial score (nSPS) is 17.3. The van der Waals surface area contributed by atoms with Crippen LogP contribution in [0.3, 0.4) is 0 Å². The highest BCUT2D eigenvalue weighted by Crippen LogP contribution is 2.40. The molecule has 1 amide bonds. The Kier molecular flexibility index (Phi) is 8.50. The molecule has 1 aliphatic rings. The number of methoxy groups -OCH3 is 2. The van der Waals surface area contributed by atoms with Crippen LogP contribution in [0.5, 0.6) is 11.5 Å². The van der Waals surface area contributed by atoms with Crippen LogP contribution in [-0.4, -0.2) is 78.4 Å². The zero-order valence-corrected chi connectivity index (χ0v) is 18.9. The van der Waals surface area contributed by atoms with E-state index < -0.39 is 41.9 Å². The predicted molar refractivity (Wildman–Crippen MR) is 106 cm³/mol. The third kappa shape index (κ3) is 6.11. The summed E-state index contributed by atoms with van der Waals surface area (Å²) in [7, 11) is 2.49. The number of benzene rings is 1. The highest BCUT2D eigenvalue weighted by Gasteiger charge is 2.53. The Balaban J connectivity index is 2.05. The minimum absolute atomic E-state index is 0.0971. The number of carbonyl (C=O) groups excluding carboxylic acids is 2. The van der Waals surface area contributed by atoms with Gasteiger partial charge in [-0.15, -0.1) is 0 Å². The molecule has 13 nitrogen and oxygen atoms in total. The van der Waals surface area contributed by atoms with Gasteiger partial charge in [-0.05, 0) is 28.1 Å². The summed E-state index contributed by atoms with van der Waals surface area (Å²) in [6.07, 6.45) is -4.22. The van der Waals surface area contributed by atoms with Crippen molar-refractivity contribution in [1.82, 2.24) is 5.32 Å². The van der Waals surface area contributed by atoms with Crippen LogP contribution in [0.4, 0.5) is 9.59 Å². The van der Waals surface area contributed by atoms with Gasteiger partial charge in [-0.25, -0.2) is 9.59 Å². The van der Waals surface area contributed by atoms with Crippen molar-refractivity contribution in [3.8, 4) is 11.5 Å². The van der Waals surface area contributed by atoms with Gasteiger partial charge >= 0.3 is 18.2 Å². The minimum atomic E-state index is -3.68. The van der Waals surface area contributed by atoms with Gasteiger partial charge in [-0.3, -0.25) is 5.32 Å². The quantitative estimate of drug-likeness (QED) is 0.230. The summed E-state index contributed by atoms with van der Waals surface area (Å²) in [4.78, 5) is 23.7. The second-order valence-corrected chi connectivity index (χ2v) is 7.46. The number of carbonyl (C=O) groups is 2. The maximum Gasteiger partial charge on any atom is 0.511 e. The summed E-state index contributed by atoms with van der Waals surface area (Å²) in [5, 5.41) is 42.7. The van der Waals surface area contributed by atoms with E-state index >= 15 is 0 Å². The standard InChI is InChI=1S/C18H24BrNO12/c1-9(31-16(22)32-10-4-5-29-8-10)30-15(21)20-18(25,26)17(23,24)11-6-14(28-3)12(19)7-13(11)27-2/h6-7,9-10,23-26H,4-5,8H2,1-3H3,(H,20,21). The lowest BCUT2D eigenvalue weighted by molar-refractivity contribution is -0.375. The lowest BCUT2D eigenvalue weighted by Crippen LogP contribution is -2.63. The fraction of sp³-hybridized carbons (Fsp3) is 0.556. The highest BCUT2D eigenvalue weighted by atomic mass is 79.9. The highest BCUT2D eigenvalue weighted by molar-refractivity contribution is 9.10. The van der Waals surface area contributed by atoms with E-state index in [2.05, 4.69) is 20.7 Å². The van der Waals surface area contributed by atoms with Crippen molar-refractivity contribution in [2.24, 2.45) is 0 Å². The molecule has 0 radical (unpaired) electrons. The first kappa shape index (κ1) is 25.9. The van der Waals surface area contributed by atoms with Gasteiger partial charge in [0.05, 0.1) is 37.5 Å². The molecule has 2 rings (SSSR count). The molecule has 1 aliphatic heterocycles. The molecule has 0 bridgehead atoms. The molecule has 180 valence electrons. The van der Waals surface area contributed by atoms with Crippen LogP contribution in [0.2, 0.25) is 0 Å². The van der Waals surface area contributed by atoms with Gasteiger partial charge in [0.2, 0.25) is 6.29 Å². The van der Waals surface area contributed by atoms with Gasteiger partial charge in [0, 0.05) is 13.3 Å². The summed E-state index contributed by atoms with van der Waals surface area (Å²) < 4.78 is 29.8. The van der Waals surface area contributed by atoms with Crippen LogP contribution in [0, 0.1) is 0 Å². The summed E-state index contributed by atoms with van der Waals surface area (Å²) in [5.74, 6) is -7.27. The third-order valence-corrected chi connectivity index (χ3v) is 4.92. The Bertz CT molecular complexity index is 824. The van der Waals surface area contributed by atoms with E-state index in [0.717, 1.165) is 13.0 Å². The molecule has 0 aliphatic carbocycles. The first-order chi connectivity index (χ1) is 14.9. The number of rotatable bonds is 8. The van der Waals surface area contributed by atoms with Crippen LogP contribution in [0.15, 0.2) is 16.6 Å². The predicted octanol–water partition coefficient (Wildman–Crippen LogP) is 0.256. The molecule has 1 aromatic rings. The molecule has 0 aromatic heterocycles. The third-order valence-electron chi connectivity index (χ3n) is 4.30. The summed E-state index contributed by atoms with van der Waals surface area (Å²) in [5.41, 5.74) is -0.558. The lowest BCUT2D eigenvalue weighted by Gasteiger charge is -2.35. The van der Waals surface area contributed by atoms with Crippen molar-refractivity contribution in [3.63, 3.8) is 0 Å². The van der Waals surface area contributed by atoms with E-state index in [4.69, 9.17) is 23.7 Å². The van der Waals surface area contributed by atoms with Crippen LogP contribution in [-0.2, 0) is 24.7 Å². The number of amides is 1. The number of alkyl carbamates (subject to hydrolysis) is 1. The molecule has 0 spiro atoms. The van der Waals surface area contributed by atoms with Crippen LogP contribution >= 0.6 is 15.9 Å². The van der Waals surface area contributed by atoms with Crippen molar-refractivity contribution >= 4 is 28.2 Å². The number of aliphatic hydroxyl groups is 4. The maximum absolute atomic E-state index is 12.0. The second kappa shape index (κ2) is 10.5. The lowest BCUT2D eigenvalue weighted by atomic mass is 10.0. The maximum atomic E-state index is 12.0. The summed E-state index contributed by atoms with van der Waals surface area (Å²) >= 11 is 3.17. The van der Waals surface area contributed by atoms with Crippen molar-refractivity contribution in [1.29, 1.82) is 0 Å². The molecule has 14 heteroatoms. The van der Waals surface area contributed by atoms with Crippen molar-refractivity contribution in [2.75, 3.05) is 27.4 Å². The van der Waals surface area contributed by atoms with Gasteiger partial charge in [-0.1, -0.05) is 0 Å². The number of halogens is 1. The van der Waals surface area contributed by atoms with Crippen molar-refractivity contribution in [2.45, 2.75) is 37.4 Å². The SMILES string of the molecule is COc1cc(C(O)(O)C(O)(O)NC(=O)OC(C)OC(=O)OC2CCOC2)c(OC)cc1Br. The Labute approximate surface area is 190 Å². The zero-order valence-electron chi connectivity index (χ0n) is 17.4. The van der Waals surface area contributed by atoms with Gasteiger partial charge < -0.3 is 48.8 Å². The average Bonchev–Trinajstić information content (AvgIpc) is 3.19. The molecule has 5 N–H and O–H groups in total. The Morgan fingerprint density at radius 2 is 1.81 bits per heavy atom. The molecule has 1 aromatic carbocycles. The van der Waals surface area contributed by atoms with Crippen LogP contribution in [0.1, 0.15) is 18.9 Å². The van der Waals surface area contributed by atoms with E-state index in [-0.39, 0.29) is 18.1 Å². The molecular formula is C18H24BrNO12. The Hall–Kier alpha value is -2.36. The van der Waals surface area contributed by atoms with Gasteiger partial charge in [0.15, 0.2) is 0 Å². The molecule has 1 heterocycles. The molecule has 2 unspecified atom stereocenters. The molecule has 0 saturated carbocycles. The molecular weight excluding hydrogens is 502 g/mol. The average molecular weight is 526 g/mol. The summed E-state index contributed by atoms with van der Waals surface area (Å²) in [6, 6.07) is 2.33. The fourth-order valence-corrected chi connectivity index (χ4v) is 3.14. The molecule has 2 atom stereocenters. The van der Waals surface area contributed by atoms with Gasteiger partial charge in [0.25, 0.3) is 5.79 Å². The fourth-order valence-electron chi connectivity index (χ4n) is 2.66. The van der Waals surface area contributed by atoms with Crippen molar-refractivity contribution in [3.05, 3.63) is 22.2 Å². The van der Waals surface area contributed by atoms with E-state index in [0.29, 0.717) is 17.5 Å². The minimum Gasteiger partial charge on any atom is -0.496 e. The second-order valence-electron chi connectivity index (χ2n) is 6.60. The molecule has 1 saturated heterocycles. The first-order valence-electron chi connectivity index (χ1n) is 9.16. The van der Waals surface area contributed by atoms with E-state index in [9.17, 15) is 30.0 Å². The monoisotopic (exact) mass is 525 g/mol. The number of hydrogen-bond acceptors (Lipinski definition) is 12. The van der Waals surface area contributed by atoms with Crippen LogP contribution in [0.25, 0.3) is 0 Å². The smallest absolute Gasteiger partial charge is 0.496 e. The van der Waals surface area contributed by atoms with Crippen molar-refractivity contribution < 1.29 is 58.4 Å². The van der Waals surface area contributed by atoms with Gasteiger partial charge in [-0.2, -0.15) is 0 Å². The van der Waals surface area contributed by atoms with E-state index in [1.54, 1.807) is 0 Å². The Morgan fingerprint density at radius 1 is 1.16 bits per heavy atom. The topological polar surface area (TPSA) is 182 Å². The number of ether oxygens (including phenoxy) is 6. The molecule has 1 fully saturated rings. The van der Waals surface area contributed by atoms with Crippen LogP contribution < -0.4 is 14.8 Å². The van der Waals surface area contributed by atoms with E-state index in [1.807, 2.05) is 0 Å². The zero-order chi connectivity index (χ0) is 24.1. The molecule has 32 heavy (non-hydrogen) atoms. The Morgan fingerprint density at radius 3 is 2.38 bits per heavy atom. The van der Waals surface area contributed by atoms with E-state index in [1.165, 1.54) is 25.6 Å². The number of nitrogens with one attached hydrogen (secondary N) is 1. The summed E-state index contributed by atoms with van der Waals surface area (Å²) in [6.45, 7) is 1.79. The first-order valence-corrected chi connectivity index (χ1v) is 9.95. The largest absolute Gasteiger partial charge is 0.511 e. The van der Waals surface area contributed by atoms with Gasteiger partial charge in [0.1, 0.15) is 17.6 Å².